The van der Waals surface area contributed by atoms with Gasteiger partial charge in [-0.15, -0.1) is 0 Å². The van der Waals surface area contributed by atoms with Crippen molar-refractivity contribution in [2.45, 2.75) is 25.1 Å². The van der Waals surface area contributed by atoms with Crippen LogP contribution in [-0.4, -0.2) is 97.8 Å². The molecule has 15 nitrogen and oxygen atoms in total. The molecule has 0 heterocycles. The molecule has 0 aromatic carbocycles. The second-order valence-electron chi connectivity index (χ2n) is 5.84. The zero-order chi connectivity index (χ0) is 23.1. The summed E-state index contributed by atoms with van der Waals surface area (Å²) in [5.41, 5.74) is 9.73. The first-order chi connectivity index (χ1) is 14.1. The molecule has 0 aromatic heterocycles. The third-order valence-corrected chi connectivity index (χ3v) is 3.30. The number of aliphatic hydroxyl groups excluding tert-OH is 2. The highest BCUT2D eigenvalue weighted by Gasteiger charge is 2.25. The minimum atomic E-state index is -1.32. The lowest BCUT2D eigenvalue weighted by Gasteiger charge is -2.20. The Bertz CT molecular complexity index is 601. The molecule has 0 spiro atoms. The van der Waals surface area contributed by atoms with Gasteiger partial charge < -0.3 is 47.1 Å². The Labute approximate surface area is 171 Å². The molecular formula is C15H28N6O9. The molecule has 172 valence electrons. The summed E-state index contributed by atoms with van der Waals surface area (Å²) < 4.78 is 10.2. The van der Waals surface area contributed by atoms with Crippen LogP contribution in [-0.2, 0) is 23.9 Å². The summed E-state index contributed by atoms with van der Waals surface area (Å²) >= 11 is 0. The number of primary amides is 2. The molecule has 0 bridgehead atoms. The molecule has 0 aromatic rings. The van der Waals surface area contributed by atoms with Crippen molar-refractivity contribution in [2.75, 3.05) is 39.6 Å². The molecule has 3 atom stereocenters. The van der Waals surface area contributed by atoms with Gasteiger partial charge in [0.25, 0.3) is 0 Å². The van der Waals surface area contributed by atoms with Crippen molar-refractivity contribution in [2.24, 2.45) is 11.5 Å². The first kappa shape index (κ1) is 27.0. The molecule has 0 radical (unpaired) electrons. The number of aliphatic hydroxyl groups is 2. The second kappa shape index (κ2) is 14.9. The predicted octanol–water partition coefficient (Wildman–Crippen LogP) is -4.77. The number of hydrogen-bond donors (Lipinski definition) is 8. The van der Waals surface area contributed by atoms with E-state index >= 15 is 0 Å². The molecule has 0 rings (SSSR count). The van der Waals surface area contributed by atoms with Crippen LogP contribution in [0.4, 0.5) is 9.59 Å². The van der Waals surface area contributed by atoms with E-state index in [-0.39, 0.29) is 33.0 Å². The maximum atomic E-state index is 12.0. The number of carbonyl (C=O) groups excluding carboxylic acids is 5. The van der Waals surface area contributed by atoms with Gasteiger partial charge in [-0.25, -0.2) is 9.59 Å². The van der Waals surface area contributed by atoms with Gasteiger partial charge in [0.05, 0.1) is 32.5 Å². The topological polar surface area (TPSA) is 244 Å². The fraction of sp³-hybridized carbons (Fsp3) is 0.667. The third-order valence-electron chi connectivity index (χ3n) is 3.30. The molecule has 10 N–H and O–H groups in total. The molecule has 7 amide bonds. The first-order valence-corrected chi connectivity index (χ1v) is 8.76. The number of nitrogens with two attached hydrogens (primary N) is 2. The molecule has 0 aliphatic heterocycles. The maximum Gasteiger partial charge on any atom is 0.323 e. The van der Waals surface area contributed by atoms with E-state index in [9.17, 15) is 29.1 Å². The number of imide groups is 1. The lowest BCUT2D eigenvalue weighted by molar-refractivity contribution is -0.131. The number of ether oxygens (including phenoxy) is 2. The van der Waals surface area contributed by atoms with E-state index in [1.54, 1.807) is 5.32 Å². The fourth-order valence-electron chi connectivity index (χ4n) is 1.88. The van der Waals surface area contributed by atoms with Crippen LogP contribution in [0, 0.1) is 0 Å². The molecule has 0 aliphatic rings. The van der Waals surface area contributed by atoms with Crippen LogP contribution in [0.25, 0.3) is 0 Å². The summed E-state index contributed by atoms with van der Waals surface area (Å²) in [5.74, 6) is -2.23. The van der Waals surface area contributed by atoms with Crippen LogP contribution in [0.5, 0.6) is 0 Å². The first-order valence-electron chi connectivity index (χ1n) is 8.76. The maximum absolute atomic E-state index is 12.0. The molecule has 30 heavy (non-hydrogen) atoms. The summed E-state index contributed by atoms with van der Waals surface area (Å²) in [6.07, 6.45) is -1.25. The smallest absolute Gasteiger partial charge is 0.323 e. The number of nitrogens with one attached hydrogen (secondary N) is 4. The average molecular weight is 436 g/mol. The molecule has 0 saturated carbocycles. The zero-order valence-electron chi connectivity index (χ0n) is 16.4. The van der Waals surface area contributed by atoms with Crippen molar-refractivity contribution in [3.63, 3.8) is 0 Å². The van der Waals surface area contributed by atoms with Crippen molar-refractivity contribution in [3.8, 4) is 0 Å². The summed E-state index contributed by atoms with van der Waals surface area (Å²) in [4.78, 5) is 56.3. The van der Waals surface area contributed by atoms with Crippen LogP contribution in [0.3, 0.4) is 0 Å². The van der Waals surface area contributed by atoms with Gasteiger partial charge in [-0.05, 0) is 6.92 Å². The van der Waals surface area contributed by atoms with E-state index in [1.807, 2.05) is 0 Å². The SMILES string of the molecule is CC(O)C(NC(=O)NC(N)=O)C(=O)NCCOCCOCC(=O)N[C@@H](CO)C(N)=O. The van der Waals surface area contributed by atoms with Crippen LogP contribution >= 0.6 is 0 Å². The Hall–Kier alpha value is -3.01. The van der Waals surface area contributed by atoms with E-state index in [4.69, 9.17) is 26.0 Å². The van der Waals surface area contributed by atoms with E-state index < -0.39 is 54.6 Å². The molecule has 0 aliphatic carbocycles. The lowest BCUT2D eigenvalue weighted by Crippen LogP contribution is -2.56. The molecule has 15 heteroatoms. The van der Waals surface area contributed by atoms with Gasteiger partial charge in [0.2, 0.25) is 17.7 Å². The van der Waals surface area contributed by atoms with Crippen molar-refractivity contribution in [3.05, 3.63) is 0 Å². The molecule has 0 saturated heterocycles. The Kier molecular flexibility index (Phi) is 13.4. The minimum absolute atomic E-state index is 0.0346. The fourth-order valence-corrected chi connectivity index (χ4v) is 1.88. The van der Waals surface area contributed by atoms with Crippen LogP contribution in [0.15, 0.2) is 0 Å². The number of rotatable bonds is 14. The highest BCUT2D eigenvalue weighted by Crippen LogP contribution is 1.93. The number of hydrogen-bond acceptors (Lipinski definition) is 9. The van der Waals surface area contributed by atoms with Gasteiger partial charge in [-0.3, -0.25) is 19.7 Å². The van der Waals surface area contributed by atoms with Gasteiger partial charge in [0.15, 0.2) is 0 Å². The van der Waals surface area contributed by atoms with E-state index in [0.29, 0.717) is 0 Å². The largest absolute Gasteiger partial charge is 0.394 e. The highest BCUT2D eigenvalue weighted by molar-refractivity contribution is 5.95. The average Bonchev–Trinajstić information content (AvgIpc) is 2.64. The minimum Gasteiger partial charge on any atom is -0.394 e. The number of carbonyl (C=O) groups is 5. The van der Waals surface area contributed by atoms with Crippen LogP contribution in [0.1, 0.15) is 6.92 Å². The van der Waals surface area contributed by atoms with Gasteiger partial charge in [0, 0.05) is 6.54 Å². The third kappa shape index (κ3) is 12.4. The van der Waals surface area contributed by atoms with Crippen molar-refractivity contribution in [1.29, 1.82) is 0 Å². The highest BCUT2D eigenvalue weighted by atomic mass is 16.5. The normalized spacial score (nSPS) is 13.4. The van der Waals surface area contributed by atoms with Crippen LogP contribution in [0.2, 0.25) is 0 Å². The molecule has 0 fully saturated rings. The van der Waals surface area contributed by atoms with E-state index in [1.165, 1.54) is 6.92 Å². The van der Waals surface area contributed by atoms with Crippen molar-refractivity contribution >= 4 is 29.8 Å². The Morgan fingerprint density at radius 3 is 2.17 bits per heavy atom. The van der Waals surface area contributed by atoms with Gasteiger partial charge in [-0.2, -0.15) is 0 Å². The summed E-state index contributed by atoms with van der Waals surface area (Å²) in [7, 11) is 0. The Balaban J connectivity index is 3.96. The molecular weight excluding hydrogens is 408 g/mol. The standard InChI is InChI=1S/C15H28N6O9/c1-8(23)11(20-15(28)21-14(17)27)13(26)18-2-3-29-4-5-30-7-10(24)19-9(6-22)12(16)25/h8-9,11,22-23H,2-7H2,1H3,(H2,16,25)(H,18,26)(H,19,24)(H4,17,20,21,27,28)/t8?,9-,11?/m0/s1. The predicted molar refractivity (Wildman–Crippen MR) is 99.6 cm³/mol. The second-order valence-corrected chi connectivity index (χ2v) is 5.84. The summed E-state index contributed by atoms with van der Waals surface area (Å²) in [6.45, 7) is 0.490. The van der Waals surface area contributed by atoms with Crippen molar-refractivity contribution in [1.82, 2.24) is 21.3 Å². The van der Waals surface area contributed by atoms with Crippen LogP contribution < -0.4 is 32.7 Å². The monoisotopic (exact) mass is 436 g/mol. The Morgan fingerprint density at radius 1 is 1.00 bits per heavy atom. The number of urea groups is 2. The van der Waals surface area contributed by atoms with E-state index in [0.717, 1.165) is 0 Å². The van der Waals surface area contributed by atoms with E-state index in [2.05, 4.69) is 16.0 Å². The van der Waals surface area contributed by atoms with Gasteiger partial charge in [0.1, 0.15) is 18.7 Å². The summed E-state index contributed by atoms with van der Waals surface area (Å²) in [6, 6.07) is -4.68. The zero-order valence-corrected chi connectivity index (χ0v) is 16.4. The van der Waals surface area contributed by atoms with Gasteiger partial charge in [-0.1, -0.05) is 0 Å². The van der Waals surface area contributed by atoms with Gasteiger partial charge >= 0.3 is 12.1 Å². The Morgan fingerprint density at radius 2 is 1.63 bits per heavy atom. The van der Waals surface area contributed by atoms with Crippen molar-refractivity contribution < 1.29 is 43.7 Å². The quantitative estimate of drug-likeness (QED) is 0.122. The summed E-state index contributed by atoms with van der Waals surface area (Å²) in [5, 5.41) is 26.8. The number of amides is 7. The molecule has 2 unspecified atom stereocenters. The lowest BCUT2D eigenvalue weighted by atomic mass is 10.1.